The third kappa shape index (κ3) is 3.95. The van der Waals surface area contributed by atoms with Crippen molar-refractivity contribution in [2.24, 2.45) is 5.92 Å². The van der Waals surface area contributed by atoms with Crippen LogP contribution in [0.15, 0.2) is 29.2 Å². The normalized spacial score (nSPS) is 22.9. The number of pyridine rings is 1. The van der Waals surface area contributed by atoms with Crippen LogP contribution in [-0.4, -0.2) is 62.9 Å². The lowest BCUT2D eigenvalue weighted by molar-refractivity contribution is 0.0832. The second-order valence-electron chi connectivity index (χ2n) is 8.59. The number of aromatic amines is 1. The van der Waals surface area contributed by atoms with Gasteiger partial charge in [0, 0.05) is 50.8 Å². The number of aromatic nitrogens is 5. The Hall–Kier alpha value is -2.78. The van der Waals surface area contributed by atoms with Gasteiger partial charge in [0.25, 0.3) is 5.56 Å². The van der Waals surface area contributed by atoms with Crippen LogP contribution in [0, 0.1) is 5.92 Å². The Morgan fingerprint density at radius 1 is 1.26 bits per heavy atom. The number of nitrogens with zero attached hydrogens (tertiary/aromatic N) is 5. The summed E-state index contributed by atoms with van der Waals surface area (Å²) in [6, 6.07) is 5.82. The maximum Gasteiger partial charge on any atom is 0.276 e. The lowest BCUT2D eigenvalue weighted by atomic mass is 9.97. The molecule has 1 N–H and O–H groups in total. The molecule has 2 fully saturated rings. The Morgan fingerprint density at radius 3 is 2.90 bits per heavy atom. The number of likely N-dealkylation sites (tertiary alicyclic amines) is 1. The van der Waals surface area contributed by atoms with Crippen molar-refractivity contribution in [1.82, 2.24) is 29.5 Å². The number of methoxy groups -OCH3 is 1. The second-order valence-corrected chi connectivity index (χ2v) is 8.59. The number of fused-ring (bicyclic) bond motifs is 1. The molecule has 0 spiro atoms. The molecule has 5 heterocycles. The molecule has 0 saturated carbocycles. The molecule has 0 amide bonds. The summed E-state index contributed by atoms with van der Waals surface area (Å²) >= 11 is 0. The molecule has 0 bridgehead atoms. The zero-order chi connectivity index (χ0) is 21.4. The lowest BCUT2D eigenvalue weighted by Crippen LogP contribution is -2.24. The first-order valence-corrected chi connectivity index (χ1v) is 10.9. The van der Waals surface area contributed by atoms with E-state index in [9.17, 15) is 4.79 Å². The van der Waals surface area contributed by atoms with E-state index < -0.39 is 0 Å². The number of rotatable bonds is 5. The van der Waals surface area contributed by atoms with E-state index in [-0.39, 0.29) is 17.4 Å². The average molecular weight is 425 g/mol. The maximum atomic E-state index is 12.8. The van der Waals surface area contributed by atoms with Crippen molar-refractivity contribution < 1.29 is 9.47 Å². The van der Waals surface area contributed by atoms with Gasteiger partial charge in [0.15, 0.2) is 5.52 Å². The smallest absolute Gasteiger partial charge is 0.276 e. The van der Waals surface area contributed by atoms with E-state index in [1.54, 1.807) is 17.8 Å². The molecule has 2 aliphatic heterocycles. The van der Waals surface area contributed by atoms with Crippen molar-refractivity contribution in [3.05, 3.63) is 52.1 Å². The molecule has 9 nitrogen and oxygen atoms in total. The van der Waals surface area contributed by atoms with Crippen molar-refractivity contribution >= 4 is 5.52 Å². The summed E-state index contributed by atoms with van der Waals surface area (Å²) in [5.74, 6) is 3.01. The Bertz CT molecular complexity index is 1120. The summed E-state index contributed by atoms with van der Waals surface area (Å²) in [4.78, 5) is 27.2. The number of H-pyrrole nitrogens is 1. The van der Waals surface area contributed by atoms with Crippen molar-refractivity contribution in [3.8, 4) is 5.88 Å². The summed E-state index contributed by atoms with van der Waals surface area (Å²) in [5.41, 5.74) is 1.35. The van der Waals surface area contributed by atoms with Crippen LogP contribution in [0.25, 0.3) is 5.52 Å². The van der Waals surface area contributed by atoms with E-state index in [1.165, 1.54) is 0 Å². The Kier molecular flexibility index (Phi) is 5.45. The highest BCUT2D eigenvalue weighted by Crippen LogP contribution is 2.31. The minimum absolute atomic E-state index is 0.129. The highest BCUT2D eigenvalue weighted by molar-refractivity contribution is 5.42. The molecule has 2 unspecified atom stereocenters. The summed E-state index contributed by atoms with van der Waals surface area (Å²) in [6.07, 6.45) is 3.45. The van der Waals surface area contributed by atoms with E-state index in [0.717, 1.165) is 63.0 Å². The van der Waals surface area contributed by atoms with Crippen molar-refractivity contribution in [3.63, 3.8) is 0 Å². The minimum atomic E-state index is -0.129. The van der Waals surface area contributed by atoms with Crippen LogP contribution in [0.3, 0.4) is 0 Å². The number of nitrogens with one attached hydrogen (secondary N) is 1. The fourth-order valence-electron chi connectivity index (χ4n) is 4.77. The zero-order valence-corrected chi connectivity index (χ0v) is 18.0. The van der Waals surface area contributed by atoms with Crippen LogP contribution in [0.2, 0.25) is 0 Å². The molecule has 2 saturated heterocycles. The fourth-order valence-corrected chi connectivity index (χ4v) is 4.77. The first-order valence-electron chi connectivity index (χ1n) is 10.9. The molecule has 0 aliphatic carbocycles. The molecular weight excluding hydrogens is 396 g/mol. The van der Waals surface area contributed by atoms with Gasteiger partial charge in [-0.2, -0.15) is 5.10 Å². The van der Waals surface area contributed by atoms with Gasteiger partial charge in [0.05, 0.1) is 19.0 Å². The summed E-state index contributed by atoms with van der Waals surface area (Å²) in [6.45, 7) is 6.13. The Balaban J connectivity index is 1.40. The van der Waals surface area contributed by atoms with Gasteiger partial charge >= 0.3 is 0 Å². The molecule has 9 heteroatoms. The number of ether oxygens (including phenoxy) is 2. The van der Waals surface area contributed by atoms with Crippen molar-refractivity contribution in [1.29, 1.82) is 0 Å². The maximum absolute atomic E-state index is 12.8. The third-order valence-electron chi connectivity index (χ3n) is 6.45. The average Bonchev–Trinajstić information content (AvgIpc) is 3.38. The van der Waals surface area contributed by atoms with Crippen LogP contribution >= 0.6 is 0 Å². The summed E-state index contributed by atoms with van der Waals surface area (Å²) < 4.78 is 12.5. The van der Waals surface area contributed by atoms with Gasteiger partial charge in [-0.3, -0.25) is 9.69 Å². The Labute approximate surface area is 180 Å². The molecule has 3 aromatic rings. The quantitative estimate of drug-likeness (QED) is 0.668. The van der Waals surface area contributed by atoms with E-state index in [2.05, 4.69) is 26.8 Å². The highest BCUT2D eigenvalue weighted by atomic mass is 16.5. The summed E-state index contributed by atoms with van der Waals surface area (Å²) in [5, 5.41) is 4.87. The van der Waals surface area contributed by atoms with E-state index in [4.69, 9.17) is 14.6 Å². The number of hydrogen-bond donors (Lipinski definition) is 1. The minimum Gasteiger partial charge on any atom is -0.481 e. The van der Waals surface area contributed by atoms with Gasteiger partial charge in [-0.1, -0.05) is 13.0 Å². The third-order valence-corrected chi connectivity index (χ3v) is 6.45. The van der Waals surface area contributed by atoms with Gasteiger partial charge in [-0.15, -0.1) is 0 Å². The van der Waals surface area contributed by atoms with Crippen molar-refractivity contribution in [2.45, 2.75) is 38.1 Å². The molecule has 0 radical (unpaired) electrons. The first kappa shape index (κ1) is 20.1. The summed E-state index contributed by atoms with van der Waals surface area (Å²) in [7, 11) is 1.63. The molecule has 3 aromatic heterocycles. The molecule has 31 heavy (non-hydrogen) atoms. The predicted octanol–water partition coefficient (Wildman–Crippen LogP) is 1.95. The molecule has 0 aromatic carbocycles. The van der Waals surface area contributed by atoms with E-state index >= 15 is 0 Å². The van der Waals surface area contributed by atoms with E-state index in [1.807, 2.05) is 18.2 Å². The second kappa shape index (κ2) is 8.39. The fraction of sp³-hybridized carbons (Fsp3) is 0.545. The van der Waals surface area contributed by atoms with Gasteiger partial charge < -0.3 is 14.5 Å². The van der Waals surface area contributed by atoms with Gasteiger partial charge in [-0.05, 0) is 24.8 Å². The zero-order valence-electron chi connectivity index (χ0n) is 18.0. The van der Waals surface area contributed by atoms with Crippen LogP contribution in [0.5, 0.6) is 5.88 Å². The topological polar surface area (TPSA) is 97.6 Å². The molecule has 2 atom stereocenters. The number of imidazole rings is 1. The van der Waals surface area contributed by atoms with E-state index in [0.29, 0.717) is 17.3 Å². The molecule has 5 rings (SSSR count). The highest BCUT2D eigenvalue weighted by Gasteiger charge is 2.33. The van der Waals surface area contributed by atoms with Gasteiger partial charge in [0.1, 0.15) is 11.6 Å². The van der Waals surface area contributed by atoms with Gasteiger partial charge in [0.2, 0.25) is 5.88 Å². The predicted molar refractivity (Wildman–Crippen MR) is 114 cm³/mol. The van der Waals surface area contributed by atoms with Crippen LogP contribution in [-0.2, 0) is 11.3 Å². The SMILES string of the molecule is COc1cccc(CN2CC(C)C(c3nn4c(C5CCOCC5)ncc4c(=O)[nH]3)C2)n1. The largest absolute Gasteiger partial charge is 0.481 e. The van der Waals surface area contributed by atoms with Gasteiger partial charge in [-0.25, -0.2) is 14.5 Å². The monoisotopic (exact) mass is 424 g/mol. The van der Waals surface area contributed by atoms with Crippen LogP contribution < -0.4 is 10.3 Å². The first-order chi connectivity index (χ1) is 15.1. The molecular formula is C22H28N6O3. The molecule has 2 aliphatic rings. The number of hydrogen-bond acceptors (Lipinski definition) is 7. The van der Waals surface area contributed by atoms with Crippen LogP contribution in [0.1, 0.15) is 48.9 Å². The Morgan fingerprint density at radius 2 is 2.10 bits per heavy atom. The molecule has 164 valence electrons. The standard InChI is InChI=1S/C22H28N6O3/c1-14-11-27(12-16-4-3-5-19(24-16)30-2)13-17(14)20-25-22(29)18-10-23-21(28(18)26-20)15-6-8-31-9-7-15/h3-5,10,14-15,17H,6-9,11-13H2,1-2H3,(H,25,26,29). The van der Waals surface area contributed by atoms with Crippen molar-refractivity contribution in [2.75, 3.05) is 33.4 Å². The lowest BCUT2D eigenvalue weighted by Gasteiger charge is -2.21. The van der Waals surface area contributed by atoms with Crippen LogP contribution in [0.4, 0.5) is 0 Å².